The monoisotopic (exact) mass is 316 g/mol. The average molecular weight is 316 g/mol. The molecule has 0 aromatic heterocycles. The standard InChI is InChI=1S/C19H28N2O2/c1-4-5-9-18(22)20-17-11-10-16(13-14(17)2)19(23)21-12-7-6-8-15(21)3/h10-11,13,15H,4-9,12H2,1-3H3,(H,20,22). The quantitative estimate of drug-likeness (QED) is 0.887. The number of nitrogens with one attached hydrogen (secondary N) is 1. The summed E-state index contributed by atoms with van der Waals surface area (Å²) >= 11 is 0. The second-order valence-electron chi connectivity index (χ2n) is 6.52. The smallest absolute Gasteiger partial charge is 0.254 e. The maximum absolute atomic E-state index is 12.7. The van der Waals surface area contributed by atoms with Gasteiger partial charge in [-0.2, -0.15) is 0 Å². The van der Waals surface area contributed by atoms with Gasteiger partial charge in [-0.25, -0.2) is 0 Å². The second kappa shape index (κ2) is 8.14. The molecule has 1 saturated heterocycles. The third-order valence-corrected chi connectivity index (χ3v) is 4.57. The Morgan fingerprint density at radius 2 is 2.09 bits per heavy atom. The van der Waals surface area contributed by atoms with E-state index in [-0.39, 0.29) is 11.8 Å². The van der Waals surface area contributed by atoms with E-state index in [9.17, 15) is 9.59 Å². The zero-order valence-electron chi connectivity index (χ0n) is 14.5. The molecule has 1 aromatic rings. The van der Waals surface area contributed by atoms with Gasteiger partial charge in [0.15, 0.2) is 0 Å². The summed E-state index contributed by atoms with van der Waals surface area (Å²) in [5.41, 5.74) is 2.45. The van der Waals surface area contributed by atoms with Crippen LogP contribution in [-0.4, -0.2) is 29.3 Å². The minimum Gasteiger partial charge on any atom is -0.336 e. The fourth-order valence-corrected chi connectivity index (χ4v) is 3.05. The van der Waals surface area contributed by atoms with E-state index in [2.05, 4.69) is 19.2 Å². The van der Waals surface area contributed by atoms with Crippen molar-refractivity contribution in [3.05, 3.63) is 29.3 Å². The Kier molecular flexibility index (Phi) is 6.20. The number of hydrogen-bond acceptors (Lipinski definition) is 2. The van der Waals surface area contributed by atoms with Crippen LogP contribution in [0.25, 0.3) is 0 Å². The molecular formula is C19H28N2O2. The number of carbonyl (C=O) groups excluding carboxylic acids is 2. The van der Waals surface area contributed by atoms with Gasteiger partial charge in [0.1, 0.15) is 0 Å². The van der Waals surface area contributed by atoms with Gasteiger partial charge in [-0.3, -0.25) is 9.59 Å². The van der Waals surface area contributed by atoms with Crippen molar-refractivity contribution in [3.63, 3.8) is 0 Å². The summed E-state index contributed by atoms with van der Waals surface area (Å²) in [7, 11) is 0. The Morgan fingerprint density at radius 3 is 2.74 bits per heavy atom. The van der Waals surface area contributed by atoms with E-state index in [1.54, 1.807) is 0 Å². The van der Waals surface area contributed by atoms with Gasteiger partial charge in [0.2, 0.25) is 5.91 Å². The summed E-state index contributed by atoms with van der Waals surface area (Å²) in [5.74, 6) is 0.142. The topological polar surface area (TPSA) is 49.4 Å². The Morgan fingerprint density at radius 1 is 1.30 bits per heavy atom. The van der Waals surface area contributed by atoms with E-state index in [0.717, 1.165) is 43.5 Å². The van der Waals surface area contributed by atoms with Crippen molar-refractivity contribution >= 4 is 17.5 Å². The van der Waals surface area contributed by atoms with Crippen molar-refractivity contribution in [3.8, 4) is 0 Å². The van der Waals surface area contributed by atoms with E-state index >= 15 is 0 Å². The van der Waals surface area contributed by atoms with E-state index in [1.165, 1.54) is 6.42 Å². The van der Waals surface area contributed by atoms with Crippen LogP contribution in [0.3, 0.4) is 0 Å². The summed E-state index contributed by atoms with van der Waals surface area (Å²) in [6.45, 7) is 6.97. The van der Waals surface area contributed by atoms with Crippen molar-refractivity contribution in [1.82, 2.24) is 4.90 Å². The number of aryl methyl sites for hydroxylation is 1. The molecule has 1 aliphatic rings. The number of amides is 2. The van der Waals surface area contributed by atoms with Crippen LogP contribution in [0.5, 0.6) is 0 Å². The van der Waals surface area contributed by atoms with Crippen molar-refractivity contribution in [2.45, 2.75) is 65.3 Å². The highest BCUT2D eigenvalue weighted by molar-refractivity contribution is 5.96. The lowest BCUT2D eigenvalue weighted by Crippen LogP contribution is -2.42. The zero-order chi connectivity index (χ0) is 16.8. The van der Waals surface area contributed by atoms with Gasteiger partial charge in [0, 0.05) is 30.3 Å². The maximum atomic E-state index is 12.7. The van der Waals surface area contributed by atoms with Crippen molar-refractivity contribution in [2.75, 3.05) is 11.9 Å². The van der Waals surface area contributed by atoms with E-state index in [4.69, 9.17) is 0 Å². The highest BCUT2D eigenvalue weighted by Gasteiger charge is 2.24. The van der Waals surface area contributed by atoms with E-state index in [0.29, 0.717) is 18.0 Å². The molecule has 0 spiro atoms. The first kappa shape index (κ1) is 17.5. The van der Waals surface area contributed by atoms with Gasteiger partial charge in [0.25, 0.3) is 5.91 Å². The number of likely N-dealkylation sites (tertiary alicyclic amines) is 1. The predicted octanol–water partition coefficient (Wildman–Crippen LogP) is 4.14. The van der Waals surface area contributed by atoms with E-state index < -0.39 is 0 Å². The van der Waals surface area contributed by atoms with Crippen LogP contribution in [0, 0.1) is 6.92 Å². The van der Waals surface area contributed by atoms with Gasteiger partial charge in [0.05, 0.1) is 0 Å². The summed E-state index contributed by atoms with van der Waals surface area (Å²) in [5, 5.41) is 2.94. The molecule has 1 aromatic carbocycles. The highest BCUT2D eigenvalue weighted by Crippen LogP contribution is 2.22. The largest absolute Gasteiger partial charge is 0.336 e. The maximum Gasteiger partial charge on any atom is 0.254 e. The van der Waals surface area contributed by atoms with Gasteiger partial charge < -0.3 is 10.2 Å². The molecule has 0 radical (unpaired) electrons. The molecule has 2 rings (SSSR count). The summed E-state index contributed by atoms with van der Waals surface area (Å²) < 4.78 is 0. The molecule has 2 amide bonds. The second-order valence-corrected chi connectivity index (χ2v) is 6.52. The molecule has 4 nitrogen and oxygen atoms in total. The lowest BCUT2D eigenvalue weighted by Gasteiger charge is -2.33. The van der Waals surface area contributed by atoms with Crippen molar-refractivity contribution in [1.29, 1.82) is 0 Å². The molecule has 1 N–H and O–H groups in total. The summed E-state index contributed by atoms with van der Waals surface area (Å²) in [4.78, 5) is 26.5. The van der Waals surface area contributed by atoms with E-state index in [1.807, 2.05) is 30.0 Å². The third-order valence-electron chi connectivity index (χ3n) is 4.57. The third kappa shape index (κ3) is 4.57. The number of hydrogen-bond donors (Lipinski definition) is 1. The summed E-state index contributed by atoms with van der Waals surface area (Å²) in [6.07, 6.45) is 5.81. The number of unbranched alkanes of at least 4 members (excludes halogenated alkanes) is 1. The first-order chi connectivity index (χ1) is 11.0. The molecule has 4 heteroatoms. The predicted molar refractivity (Wildman–Crippen MR) is 93.7 cm³/mol. The van der Waals surface area contributed by atoms with Gasteiger partial charge in [-0.15, -0.1) is 0 Å². The fraction of sp³-hybridized carbons (Fsp3) is 0.579. The number of carbonyl (C=O) groups is 2. The van der Waals surface area contributed by atoms with Crippen molar-refractivity contribution in [2.24, 2.45) is 0 Å². The minimum atomic E-state index is 0.0404. The number of rotatable bonds is 5. The van der Waals surface area contributed by atoms with Gasteiger partial charge in [-0.1, -0.05) is 13.3 Å². The number of anilines is 1. The van der Waals surface area contributed by atoms with Crippen LogP contribution in [-0.2, 0) is 4.79 Å². The minimum absolute atomic E-state index is 0.0404. The van der Waals surface area contributed by atoms with Crippen LogP contribution in [0.15, 0.2) is 18.2 Å². The van der Waals surface area contributed by atoms with Gasteiger partial charge in [-0.05, 0) is 63.3 Å². The molecule has 1 atom stereocenters. The van der Waals surface area contributed by atoms with Crippen LogP contribution in [0.2, 0.25) is 0 Å². The SMILES string of the molecule is CCCCC(=O)Nc1ccc(C(=O)N2CCCCC2C)cc1C. The van der Waals surface area contributed by atoms with Crippen molar-refractivity contribution < 1.29 is 9.59 Å². The van der Waals surface area contributed by atoms with Crippen LogP contribution in [0.1, 0.15) is 68.3 Å². The Bertz CT molecular complexity index is 568. The molecule has 1 heterocycles. The Labute approximate surface area is 139 Å². The normalized spacial score (nSPS) is 17.9. The molecule has 0 bridgehead atoms. The average Bonchev–Trinajstić information content (AvgIpc) is 2.54. The first-order valence-corrected chi connectivity index (χ1v) is 8.74. The molecule has 0 aliphatic carbocycles. The molecule has 126 valence electrons. The molecular weight excluding hydrogens is 288 g/mol. The van der Waals surface area contributed by atoms with Crippen LogP contribution >= 0.6 is 0 Å². The molecule has 23 heavy (non-hydrogen) atoms. The molecule has 1 fully saturated rings. The summed E-state index contributed by atoms with van der Waals surface area (Å²) in [6, 6.07) is 5.87. The zero-order valence-corrected chi connectivity index (χ0v) is 14.5. The van der Waals surface area contributed by atoms with Crippen LogP contribution in [0.4, 0.5) is 5.69 Å². The molecule has 1 aliphatic heterocycles. The highest BCUT2D eigenvalue weighted by atomic mass is 16.2. The lowest BCUT2D eigenvalue weighted by molar-refractivity contribution is -0.116. The Balaban J connectivity index is 2.06. The first-order valence-electron chi connectivity index (χ1n) is 8.74. The Hall–Kier alpha value is -1.84. The number of benzene rings is 1. The number of piperidine rings is 1. The van der Waals surface area contributed by atoms with Gasteiger partial charge >= 0.3 is 0 Å². The lowest BCUT2D eigenvalue weighted by atomic mass is 10.0. The molecule has 0 saturated carbocycles. The number of nitrogens with zero attached hydrogens (tertiary/aromatic N) is 1. The fourth-order valence-electron chi connectivity index (χ4n) is 3.05. The van der Waals surface area contributed by atoms with Crippen LogP contribution < -0.4 is 5.32 Å². The molecule has 1 unspecified atom stereocenters.